The summed E-state index contributed by atoms with van der Waals surface area (Å²) in [6.07, 6.45) is 0. The van der Waals surface area contributed by atoms with Gasteiger partial charge in [-0.15, -0.1) is 0 Å². The molecule has 3 nitrogen and oxygen atoms in total. The SMILES string of the molecule is CCNC(=O)c1ccc(Sc2ccc(F)c(F)c2)c(N)c1. The van der Waals surface area contributed by atoms with Gasteiger partial charge in [-0.2, -0.15) is 0 Å². The molecule has 0 aliphatic rings. The number of hydrogen-bond donors (Lipinski definition) is 2. The minimum absolute atomic E-state index is 0.200. The Morgan fingerprint density at radius 2 is 1.95 bits per heavy atom. The molecule has 0 fully saturated rings. The van der Waals surface area contributed by atoms with Crippen molar-refractivity contribution in [3.63, 3.8) is 0 Å². The van der Waals surface area contributed by atoms with E-state index in [1.807, 2.05) is 6.92 Å². The Hall–Kier alpha value is -2.08. The molecule has 0 aliphatic heterocycles. The third-order valence-electron chi connectivity index (χ3n) is 2.73. The molecule has 0 saturated heterocycles. The summed E-state index contributed by atoms with van der Waals surface area (Å²) in [6.45, 7) is 2.36. The van der Waals surface area contributed by atoms with Crippen molar-refractivity contribution in [2.24, 2.45) is 0 Å². The smallest absolute Gasteiger partial charge is 0.251 e. The van der Waals surface area contributed by atoms with Crippen molar-refractivity contribution in [3.05, 3.63) is 53.6 Å². The van der Waals surface area contributed by atoms with E-state index in [0.29, 0.717) is 27.6 Å². The van der Waals surface area contributed by atoms with Crippen LogP contribution >= 0.6 is 11.8 Å². The van der Waals surface area contributed by atoms with Crippen molar-refractivity contribution in [2.45, 2.75) is 16.7 Å². The van der Waals surface area contributed by atoms with Crippen molar-refractivity contribution < 1.29 is 13.6 Å². The van der Waals surface area contributed by atoms with Crippen molar-refractivity contribution in [3.8, 4) is 0 Å². The molecule has 2 rings (SSSR count). The Morgan fingerprint density at radius 1 is 1.19 bits per heavy atom. The first kappa shape index (κ1) is 15.3. The van der Waals surface area contributed by atoms with Gasteiger partial charge in [-0.3, -0.25) is 4.79 Å². The molecule has 0 heterocycles. The molecule has 0 aliphatic carbocycles. The van der Waals surface area contributed by atoms with E-state index < -0.39 is 11.6 Å². The lowest BCUT2D eigenvalue weighted by Gasteiger charge is -2.08. The highest BCUT2D eigenvalue weighted by atomic mass is 32.2. The molecule has 2 aromatic rings. The predicted octanol–water partition coefficient (Wildman–Crippen LogP) is 3.45. The lowest BCUT2D eigenvalue weighted by Crippen LogP contribution is -2.22. The number of nitrogens with one attached hydrogen (secondary N) is 1. The predicted molar refractivity (Wildman–Crippen MR) is 79.3 cm³/mol. The summed E-state index contributed by atoms with van der Waals surface area (Å²) in [7, 11) is 0. The maximum atomic E-state index is 13.2. The number of rotatable bonds is 4. The van der Waals surface area contributed by atoms with Crippen LogP contribution in [-0.4, -0.2) is 12.5 Å². The lowest BCUT2D eigenvalue weighted by molar-refractivity contribution is 0.0956. The molecule has 110 valence electrons. The fraction of sp³-hybridized carbons (Fsp3) is 0.133. The summed E-state index contributed by atoms with van der Waals surface area (Å²) in [5, 5.41) is 2.68. The van der Waals surface area contributed by atoms with Gasteiger partial charge in [-0.25, -0.2) is 8.78 Å². The van der Waals surface area contributed by atoms with Crippen LogP contribution < -0.4 is 11.1 Å². The number of amides is 1. The van der Waals surface area contributed by atoms with Gasteiger partial charge in [0.1, 0.15) is 0 Å². The Bertz CT molecular complexity index is 677. The van der Waals surface area contributed by atoms with E-state index in [9.17, 15) is 13.6 Å². The van der Waals surface area contributed by atoms with Gasteiger partial charge in [0.25, 0.3) is 5.91 Å². The third-order valence-corrected chi connectivity index (χ3v) is 3.81. The zero-order chi connectivity index (χ0) is 15.4. The van der Waals surface area contributed by atoms with E-state index in [2.05, 4.69) is 5.32 Å². The minimum atomic E-state index is -0.905. The lowest BCUT2D eigenvalue weighted by atomic mass is 10.2. The van der Waals surface area contributed by atoms with Gasteiger partial charge in [0.05, 0.1) is 0 Å². The van der Waals surface area contributed by atoms with E-state index in [0.717, 1.165) is 12.1 Å². The van der Waals surface area contributed by atoms with Crippen LogP contribution in [0.15, 0.2) is 46.2 Å². The standard InChI is InChI=1S/C15H14F2N2OS/c1-2-19-15(20)9-3-6-14(13(18)7-9)21-10-4-5-11(16)12(17)8-10/h3-8H,2,18H2,1H3,(H,19,20). The van der Waals surface area contributed by atoms with Crippen LogP contribution in [-0.2, 0) is 0 Å². The highest BCUT2D eigenvalue weighted by molar-refractivity contribution is 7.99. The number of carbonyl (C=O) groups is 1. The van der Waals surface area contributed by atoms with Crippen LogP contribution in [0, 0.1) is 11.6 Å². The summed E-state index contributed by atoms with van der Waals surface area (Å²) in [5.41, 5.74) is 6.78. The fourth-order valence-electron chi connectivity index (χ4n) is 1.71. The van der Waals surface area contributed by atoms with Crippen LogP contribution in [0.3, 0.4) is 0 Å². The summed E-state index contributed by atoms with van der Waals surface area (Å²) in [6, 6.07) is 8.54. The first-order valence-electron chi connectivity index (χ1n) is 6.32. The molecule has 0 spiro atoms. The van der Waals surface area contributed by atoms with E-state index >= 15 is 0 Å². The highest BCUT2D eigenvalue weighted by Gasteiger charge is 2.09. The summed E-state index contributed by atoms with van der Waals surface area (Å²) in [5.74, 6) is -2.00. The molecule has 21 heavy (non-hydrogen) atoms. The van der Waals surface area contributed by atoms with Crippen LogP contribution in [0.1, 0.15) is 17.3 Å². The Balaban J connectivity index is 2.21. The molecule has 3 N–H and O–H groups in total. The van der Waals surface area contributed by atoms with Crippen molar-refractivity contribution in [1.29, 1.82) is 0 Å². The van der Waals surface area contributed by atoms with E-state index in [1.54, 1.807) is 18.2 Å². The van der Waals surface area contributed by atoms with Crippen molar-refractivity contribution >= 4 is 23.4 Å². The van der Waals surface area contributed by atoms with Crippen LogP contribution in [0.4, 0.5) is 14.5 Å². The first-order valence-corrected chi connectivity index (χ1v) is 7.13. The summed E-state index contributed by atoms with van der Waals surface area (Å²) in [4.78, 5) is 12.9. The average molecular weight is 308 g/mol. The van der Waals surface area contributed by atoms with Gasteiger partial charge in [0, 0.05) is 27.6 Å². The Kier molecular flexibility index (Phi) is 4.80. The van der Waals surface area contributed by atoms with E-state index in [4.69, 9.17) is 5.73 Å². The quantitative estimate of drug-likeness (QED) is 0.851. The highest BCUT2D eigenvalue weighted by Crippen LogP contribution is 2.33. The van der Waals surface area contributed by atoms with Gasteiger partial charge >= 0.3 is 0 Å². The minimum Gasteiger partial charge on any atom is -0.398 e. The monoisotopic (exact) mass is 308 g/mol. The van der Waals surface area contributed by atoms with E-state index in [1.165, 1.54) is 17.8 Å². The molecule has 0 saturated carbocycles. The third kappa shape index (κ3) is 3.72. The number of nitrogens with two attached hydrogens (primary N) is 1. The number of hydrogen-bond acceptors (Lipinski definition) is 3. The zero-order valence-corrected chi connectivity index (χ0v) is 12.1. The average Bonchev–Trinajstić information content (AvgIpc) is 2.45. The van der Waals surface area contributed by atoms with Crippen LogP contribution in [0.5, 0.6) is 0 Å². The van der Waals surface area contributed by atoms with Gasteiger partial charge < -0.3 is 11.1 Å². The number of benzene rings is 2. The van der Waals surface area contributed by atoms with Crippen molar-refractivity contribution in [2.75, 3.05) is 12.3 Å². The maximum absolute atomic E-state index is 13.2. The largest absolute Gasteiger partial charge is 0.398 e. The maximum Gasteiger partial charge on any atom is 0.251 e. The number of nitrogen functional groups attached to an aromatic ring is 1. The zero-order valence-electron chi connectivity index (χ0n) is 11.3. The molecule has 1 amide bonds. The summed E-state index contributed by atoms with van der Waals surface area (Å²) < 4.78 is 26.0. The second kappa shape index (κ2) is 6.58. The fourth-order valence-corrected chi connectivity index (χ4v) is 2.58. The molecule has 0 radical (unpaired) electrons. The second-order valence-corrected chi connectivity index (χ2v) is 5.41. The molecule has 0 unspecified atom stereocenters. The van der Waals surface area contributed by atoms with Crippen LogP contribution in [0.25, 0.3) is 0 Å². The topological polar surface area (TPSA) is 55.1 Å². The molecule has 0 atom stereocenters. The Morgan fingerprint density at radius 3 is 2.57 bits per heavy atom. The van der Waals surface area contributed by atoms with Gasteiger partial charge in [-0.05, 0) is 43.3 Å². The van der Waals surface area contributed by atoms with Crippen molar-refractivity contribution in [1.82, 2.24) is 5.32 Å². The van der Waals surface area contributed by atoms with E-state index in [-0.39, 0.29) is 5.91 Å². The second-order valence-electron chi connectivity index (χ2n) is 4.29. The first-order chi connectivity index (χ1) is 10.0. The number of halogens is 2. The molecular weight excluding hydrogens is 294 g/mol. The Labute approximate surface area is 125 Å². The molecule has 0 aromatic heterocycles. The molecule has 6 heteroatoms. The van der Waals surface area contributed by atoms with Gasteiger partial charge in [0.2, 0.25) is 0 Å². The number of carbonyl (C=O) groups excluding carboxylic acids is 1. The number of anilines is 1. The van der Waals surface area contributed by atoms with Gasteiger partial charge in [-0.1, -0.05) is 11.8 Å². The van der Waals surface area contributed by atoms with Gasteiger partial charge in [0.15, 0.2) is 11.6 Å². The van der Waals surface area contributed by atoms with Crippen LogP contribution in [0.2, 0.25) is 0 Å². The normalized spacial score (nSPS) is 10.4. The summed E-state index contributed by atoms with van der Waals surface area (Å²) >= 11 is 1.21. The molecule has 0 bridgehead atoms. The molecule has 2 aromatic carbocycles. The molecular formula is C15H14F2N2OS.